The van der Waals surface area contributed by atoms with Crippen molar-refractivity contribution in [2.24, 2.45) is 0 Å². The Balaban J connectivity index is 0.00000225. The molecule has 0 saturated carbocycles. The van der Waals surface area contributed by atoms with Crippen LogP contribution in [-0.2, 0) is 17.7 Å². The molecule has 2 unspecified atom stereocenters. The Morgan fingerprint density at radius 1 is 1.14 bits per heavy atom. The smallest absolute Gasteiger partial charge is 0.0635 e. The molecule has 150 valence electrons. The molecule has 2 heterocycles. The van der Waals surface area contributed by atoms with Crippen LogP contribution in [0.3, 0.4) is 0 Å². The van der Waals surface area contributed by atoms with Crippen LogP contribution < -0.4 is 5.32 Å². The van der Waals surface area contributed by atoms with E-state index >= 15 is 0 Å². The Morgan fingerprint density at radius 2 is 1.93 bits per heavy atom. The van der Waals surface area contributed by atoms with Crippen molar-refractivity contribution >= 4 is 33.8 Å². The van der Waals surface area contributed by atoms with Gasteiger partial charge in [0.1, 0.15) is 0 Å². The van der Waals surface area contributed by atoms with Crippen molar-refractivity contribution in [2.45, 2.75) is 31.5 Å². The van der Waals surface area contributed by atoms with Crippen molar-refractivity contribution in [1.29, 1.82) is 0 Å². The third-order valence-electron chi connectivity index (χ3n) is 5.53. The van der Waals surface area contributed by atoms with Gasteiger partial charge in [0.05, 0.1) is 13.2 Å². The number of likely N-dealkylation sites (N-methyl/N-ethyl adjacent to an activating group) is 1. The molecular formula is C23H29ClN2OS. The average molecular weight is 417 g/mol. The van der Waals surface area contributed by atoms with Gasteiger partial charge in [0.2, 0.25) is 0 Å². The lowest BCUT2D eigenvalue weighted by Gasteiger charge is -2.37. The number of thiophene rings is 1. The third kappa shape index (κ3) is 5.13. The molecule has 1 fully saturated rings. The van der Waals surface area contributed by atoms with Crippen LogP contribution >= 0.6 is 23.7 Å². The lowest BCUT2D eigenvalue weighted by Crippen LogP contribution is -2.54. The molecule has 0 aliphatic carbocycles. The number of nitrogens with one attached hydrogen (secondary N) is 1. The molecule has 5 heteroatoms. The van der Waals surface area contributed by atoms with Crippen LogP contribution in [0.15, 0.2) is 60.0 Å². The number of benzene rings is 2. The second-order valence-corrected chi connectivity index (χ2v) is 8.31. The predicted octanol–water partition coefficient (Wildman–Crippen LogP) is 4.74. The zero-order chi connectivity index (χ0) is 18.5. The lowest BCUT2D eigenvalue weighted by molar-refractivity contribution is 0.0371. The molecule has 28 heavy (non-hydrogen) atoms. The summed E-state index contributed by atoms with van der Waals surface area (Å²) in [5, 5.41) is 7.44. The van der Waals surface area contributed by atoms with Crippen LogP contribution in [-0.4, -0.2) is 43.8 Å². The fourth-order valence-corrected chi connectivity index (χ4v) is 5.08. The minimum Gasteiger partial charge on any atom is -0.378 e. The largest absolute Gasteiger partial charge is 0.378 e. The van der Waals surface area contributed by atoms with E-state index in [0.29, 0.717) is 12.1 Å². The van der Waals surface area contributed by atoms with Gasteiger partial charge in [-0.05, 0) is 47.8 Å². The normalized spacial score (nSPS) is 18.1. The monoisotopic (exact) mass is 416 g/mol. The molecule has 0 bridgehead atoms. The Bertz CT molecular complexity index is 848. The molecule has 1 aliphatic heterocycles. The highest BCUT2D eigenvalue weighted by atomic mass is 35.5. The van der Waals surface area contributed by atoms with Gasteiger partial charge in [0, 0.05) is 29.9 Å². The molecule has 0 amide bonds. The Kier molecular flexibility index (Phi) is 7.89. The first-order valence-electron chi connectivity index (χ1n) is 9.81. The van der Waals surface area contributed by atoms with Crippen LogP contribution in [0.25, 0.3) is 10.1 Å². The quantitative estimate of drug-likeness (QED) is 0.601. The zero-order valence-corrected chi connectivity index (χ0v) is 18.0. The van der Waals surface area contributed by atoms with E-state index in [4.69, 9.17) is 4.74 Å². The number of hydrogen-bond acceptors (Lipinski definition) is 4. The van der Waals surface area contributed by atoms with E-state index in [-0.39, 0.29) is 12.4 Å². The Morgan fingerprint density at radius 3 is 2.71 bits per heavy atom. The average Bonchev–Trinajstić information content (AvgIpc) is 3.13. The molecule has 2 aromatic carbocycles. The Labute approximate surface area is 178 Å². The molecule has 1 saturated heterocycles. The van der Waals surface area contributed by atoms with E-state index in [1.807, 2.05) is 11.3 Å². The van der Waals surface area contributed by atoms with Gasteiger partial charge >= 0.3 is 0 Å². The predicted molar refractivity (Wildman–Crippen MR) is 122 cm³/mol. The van der Waals surface area contributed by atoms with Crippen LogP contribution in [0, 0.1) is 0 Å². The second-order valence-electron chi connectivity index (χ2n) is 7.40. The summed E-state index contributed by atoms with van der Waals surface area (Å²) in [6, 6.07) is 20.3. The van der Waals surface area contributed by atoms with E-state index in [9.17, 15) is 0 Å². The van der Waals surface area contributed by atoms with Gasteiger partial charge in [-0.2, -0.15) is 0 Å². The molecule has 4 rings (SSSR count). The number of halogens is 1. The van der Waals surface area contributed by atoms with Gasteiger partial charge in [-0.15, -0.1) is 23.7 Å². The van der Waals surface area contributed by atoms with E-state index in [1.54, 1.807) is 0 Å². The van der Waals surface area contributed by atoms with Crippen molar-refractivity contribution in [2.75, 3.05) is 26.8 Å². The Hall–Kier alpha value is -1.43. The van der Waals surface area contributed by atoms with E-state index < -0.39 is 0 Å². The van der Waals surface area contributed by atoms with Crippen molar-refractivity contribution in [1.82, 2.24) is 10.2 Å². The van der Waals surface area contributed by atoms with Gasteiger partial charge in [-0.1, -0.05) is 48.5 Å². The summed E-state index contributed by atoms with van der Waals surface area (Å²) in [4.78, 5) is 2.50. The van der Waals surface area contributed by atoms with Crippen LogP contribution in [0.2, 0.25) is 0 Å². The first-order chi connectivity index (χ1) is 13.3. The minimum absolute atomic E-state index is 0. The van der Waals surface area contributed by atoms with Crippen molar-refractivity contribution < 1.29 is 4.74 Å². The van der Waals surface area contributed by atoms with Crippen molar-refractivity contribution in [3.63, 3.8) is 0 Å². The van der Waals surface area contributed by atoms with Crippen molar-refractivity contribution in [3.05, 3.63) is 71.1 Å². The number of aryl methyl sites for hydroxylation is 1. The summed E-state index contributed by atoms with van der Waals surface area (Å²) >= 11 is 1.86. The van der Waals surface area contributed by atoms with E-state index in [1.165, 1.54) is 21.2 Å². The molecule has 3 aromatic rings. The summed E-state index contributed by atoms with van der Waals surface area (Å²) in [5.41, 5.74) is 2.84. The van der Waals surface area contributed by atoms with Gasteiger partial charge in [0.25, 0.3) is 0 Å². The maximum absolute atomic E-state index is 5.78. The topological polar surface area (TPSA) is 24.5 Å². The zero-order valence-electron chi connectivity index (χ0n) is 16.3. The number of fused-ring (bicyclic) bond motifs is 1. The summed E-state index contributed by atoms with van der Waals surface area (Å²) in [6.45, 7) is 3.53. The van der Waals surface area contributed by atoms with Gasteiger partial charge in [-0.25, -0.2) is 0 Å². The molecule has 0 radical (unpaired) electrons. The minimum atomic E-state index is 0. The molecule has 3 nitrogen and oxygen atoms in total. The van der Waals surface area contributed by atoms with Crippen LogP contribution in [0.4, 0.5) is 0 Å². The van der Waals surface area contributed by atoms with Gasteiger partial charge < -0.3 is 10.1 Å². The molecular weight excluding hydrogens is 388 g/mol. The molecule has 1 aromatic heterocycles. The lowest BCUT2D eigenvalue weighted by atomic mass is 9.97. The van der Waals surface area contributed by atoms with E-state index in [2.05, 4.69) is 77.2 Å². The number of hydrogen-bond donors (Lipinski definition) is 1. The molecule has 1 aliphatic rings. The molecule has 1 N–H and O–H groups in total. The van der Waals surface area contributed by atoms with Crippen LogP contribution in [0.1, 0.15) is 17.5 Å². The number of rotatable bonds is 7. The maximum Gasteiger partial charge on any atom is 0.0635 e. The highest BCUT2D eigenvalue weighted by Crippen LogP contribution is 2.28. The highest BCUT2D eigenvalue weighted by molar-refractivity contribution is 7.17. The summed E-state index contributed by atoms with van der Waals surface area (Å²) < 4.78 is 7.17. The maximum atomic E-state index is 5.78. The van der Waals surface area contributed by atoms with Gasteiger partial charge in [0.15, 0.2) is 0 Å². The van der Waals surface area contributed by atoms with Crippen molar-refractivity contribution in [3.8, 4) is 0 Å². The summed E-state index contributed by atoms with van der Waals surface area (Å²) in [6.07, 6.45) is 2.23. The first-order valence-corrected chi connectivity index (χ1v) is 10.7. The van der Waals surface area contributed by atoms with Crippen LogP contribution in [0.5, 0.6) is 0 Å². The number of morpholine rings is 1. The molecule has 2 atom stereocenters. The third-order valence-corrected chi connectivity index (χ3v) is 6.54. The first kappa shape index (κ1) is 21.3. The SMILES string of the molecule is CN(Cc1ccccc1)C(CCc1csc2ccccc12)C1COCCN1.Cl. The standard InChI is InChI=1S/C23H28N2OS.ClH/c1-25(15-18-7-3-2-4-8-18)22(21-16-26-14-13-24-21)12-11-19-17-27-23-10-6-5-9-20(19)23;/h2-10,17,21-22,24H,11-16H2,1H3;1H. The highest BCUT2D eigenvalue weighted by Gasteiger charge is 2.27. The second kappa shape index (κ2) is 10.4. The number of nitrogens with zero attached hydrogens (tertiary/aromatic N) is 1. The summed E-state index contributed by atoms with van der Waals surface area (Å²) in [7, 11) is 2.25. The summed E-state index contributed by atoms with van der Waals surface area (Å²) in [5.74, 6) is 0. The van der Waals surface area contributed by atoms with Gasteiger partial charge in [-0.3, -0.25) is 4.90 Å². The number of ether oxygens (including phenoxy) is 1. The van der Waals surface area contributed by atoms with E-state index in [0.717, 1.165) is 39.1 Å². The fourth-order valence-electron chi connectivity index (χ4n) is 4.08. The fraction of sp³-hybridized carbons (Fsp3) is 0.391. The molecule has 0 spiro atoms.